The SMILES string of the molecule is CC1=NC2(CCCCC2)N(C)N1. The molecule has 0 aromatic carbocycles. The zero-order valence-corrected chi connectivity index (χ0v) is 7.93. The maximum absolute atomic E-state index is 4.69. The van der Waals surface area contributed by atoms with E-state index in [-0.39, 0.29) is 5.66 Å². The zero-order valence-electron chi connectivity index (χ0n) is 7.93. The highest BCUT2D eigenvalue weighted by Gasteiger charge is 2.39. The summed E-state index contributed by atoms with van der Waals surface area (Å²) in [5.41, 5.74) is 3.37. The van der Waals surface area contributed by atoms with Crippen LogP contribution in [-0.2, 0) is 0 Å². The van der Waals surface area contributed by atoms with Gasteiger partial charge in [0, 0.05) is 7.05 Å². The van der Waals surface area contributed by atoms with Crippen molar-refractivity contribution in [2.45, 2.75) is 44.7 Å². The van der Waals surface area contributed by atoms with E-state index in [2.05, 4.69) is 17.5 Å². The average Bonchev–Trinajstić information content (AvgIpc) is 2.29. The van der Waals surface area contributed by atoms with Crippen LogP contribution in [0.25, 0.3) is 0 Å². The molecule has 1 saturated carbocycles. The zero-order chi connectivity index (χ0) is 8.60. The predicted octanol–water partition coefficient (Wildman–Crippen LogP) is 1.52. The monoisotopic (exact) mass is 167 g/mol. The molecule has 68 valence electrons. The molecular weight excluding hydrogens is 150 g/mol. The summed E-state index contributed by atoms with van der Waals surface area (Å²) in [6.07, 6.45) is 6.46. The Labute approximate surface area is 73.8 Å². The molecule has 1 fully saturated rings. The Hall–Kier alpha value is -0.570. The molecule has 0 radical (unpaired) electrons. The number of amidine groups is 1. The minimum atomic E-state index is 0.113. The Morgan fingerprint density at radius 1 is 1.33 bits per heavy atom. The molecule has 0 bridgehead atoms. The largest absolute Gasteiger partial charge is 0.305 e. The first-order valence-electron chi connectivity index (χ1n) is 4.80. The third kappa shape index (κ3) is 1.12. The van der Waals surface area contributed by atoms with E-state index < -0.39 is 0 Å². The highest BCUT2D eigenvalue weighted by molar-refractivity contribution is 5.81. The van der Waals surface area contributed by atoms with Gasteiger partial charge in [-0.05, 0) is 32.6 Å². The van der Waals surface area contributed by atoms with Crippen LogP contribution in [0.3, 0.4) is 0 Å². The predicted molar refractivity (Wildman–Crippen MR) is 49.8 cm³/mol. The van der Waals surface area contributed by atoms with Crippen LogP contribution in [0.15, 0.2) is 4.99 Å². The molecule has 0 aromatic heterocycles. The van der Waals surface area contributed by atoms with E-state index in [1.165, 1.54) is 32.1 Å². The number of hydrogen-bond donors (Lipinski definition) is 1. The van der Waals surface area contributed by atoms with E-state index in [1.54, 1.807) is 0 Å². The number of hydrazine groups is 1. The summed E-state index contributed by atoms with van der Waals surface area (Å²) in [6, 6.07) is 0. The fraction of sp³-hybridized carbons (Fsp3) is 0.889. The number of nitrogens with one attached hydrogen (secondary N) is 1. The van der Waals surface area contributed by atoms with Crippen molar-refractivity contribution in [3.8, 4) is 0 Å². The summed E-state index contributed by atoms with van der Waals surface area (Å²) in [6.45, 7) is 2.04. The molecule has 1 spiro atoms. The maximum atomic E-state index is 4.69. The molecule has 3 heteroatoms. The second-order valence-corrected chi connectivity index (χ2v) is 3.91. The lowest BCUT2D eigenvalue weighted by molar-refractivity contribution is 0.0801. The van der Waals surface area contributed by atoms with E-state index >= 15 is 0 Å². The highest BCUT2D eigenvalue weighted by atomic mass is 15.6. The van der Waals surface area contributed by atoms with Crippen molar-refractivity contribution in [2.24, 2.45) is 4.99 Å². The van der Waals surface area contributed by atoms with Crippen LogP contribution < -0.4 is 5.43 Å². The van der Waals surface area contributed by atoms with Crippen molar-refractivity contribution >= 4 is 5.84 Å². The molecule has 0 saturated heterocycles. The third-order valence-corrected chi connectivity index (χ3v) is 2.98. The summed E-state index contributed by atoms with van der Waals surface area (Å²) in [5, 5.41) is 2.18. The summed E-state index contributed by atoms with van der Waals surface area (Å²) in [4.78, 5) is 4.69. The van der Waals surface area contributed by atoms with E-state index in [4.69, 9.17) is 4.99 Å². The molecular formula is C9H17N3. The molecule has 2 aliphatic rings. The lowest BCUT2D eigenvalue weighted by atomic mass is 9.89. The molecule has 1 heterocycles. The fourth-order valence-corrected chi connectivity index (χ4v) is 2.32. The Balaban J connectivity index is 2.17. The Kier molecular flexibility index (Phi) is 1.83. The Bertz CT molecular complexity index is 204. The number of rotatable bonds is 0. The van der Waals surface area contributed by atoms with Gasteiger partial charge in [0.25, 0.3) is 0 Å². The van der Waals surface area contributed by atoms with Crippen LogP contribution in [0.5, 0.6) is 0 Å². The van der Waals surface area contributed by atoms with Gasteiger partial charge in [-0.1, -0.05) is 6.42 Å². The Morgan fingerprint density at radius 3 is 2.50 bits per heavy atom. The van der Waals surface area contributed by atoms with Gasteiger partial charge in [0.05, 0.1) is 0 Å². The van der Waals surface area contributed by atoms with Crippen molar-refractivity contribution in [3.05, 3.63) is 0 Å². The summed E-state index contributed by atoms with van der Waals surface area (Å²) < 4.78 is 0. The van der Waals surface area contributed by atoms with Gasteiger partial charge < -0.3 is 5.43 Å². The first-order valence-corrected chi connectivity index (χ1v) is 4.80. The number of aliphatic imine (C=N–C) groups is 1. The normalized spacial score (nSPS) is 28.7. The van der Waals surface area contributed by atoms with Crippen LogP contribution in [-0.4, -0.2) is 23.6 Å². The molecule has 2 rings (SSSR count). The summed E-state index contributed by atoms with van der Waals surface area (Å²) in [5.74, 6) is 1.07. The molecule has 1 aliphatic carbocycles. The van der Waals surface area contributed by atoms with Crippen LogP contribution in [0.1, 0.15) is 39.0 Å². The number of nitrogens with zero attached hydrogens (tertiary/aromatic N) is 2. The van der Waals surface area contributed by atoms with Crippen molar-refractivity contribution in [1.82, 2.24) is 10.4 Å². The van der Waals surface area contributed by atoms with E-state index in [0.29, 0.717) is 0 Å². The van der Waals surface area contributed by atoms with Crippen LogP contribution >= 0.6 is 0 Å². The minimum Gasteiger partial charge on any atom is -0.305 e. The standard InChI is InChI=1S/C9H17N3/c1-8-10-9(12(2)11-8)6-4-3-5-7-9/h3-7H2,1-2H3,(H,10,11). The van der Waals surface area contributed by atoms with E-state index in [9.17, 15) is 0 Å². The van der Waals surface area contributed by atoms with Crippen molar-refractivity contribution in [2.75, 3.05) is 7.05 Å². The lowest BCUT2D eigenvalue weighted by Crippen LogP contribution is -2.47. The van der Waals surface area contributed by atoms with Gasteiger partial charge in [0.2, 0.25) is 0 Å². The molecule has 1 N–H and O–H groups in total. The summed E-state index contributed by atoms with van der Waals surface area (Å²) >= 11 is 0. The first kappa shape index (κ1) is 8.05. The average molecular weight is 167 g/mol. The van der Waals surface area contributed by atoms with Crippen LogP contribution in [0, 0.1) is 0 Å². The van der Waals surface area contributed by atoms with E-state index in [1.807, 2.05) is 6.92 Å². The minimum absolute atomic E-state index is 0.113. The topological polar surface area (TPSA) is 27.6 Å². The van der Waals surface area contributed by atoms with Crippen molar-refractivity contribution in [1.29, 1.82) is 0 Å². The molecule has 0 amide bonds. The second-order valence-electron chi connectivity index (χ2n) is 3.91. The van der Waals surface area contributed by atoms with Crippen LogP contribution in [0.4, 0.5) is 0 Å². The molecule has 0 aromatic rings. The van der Waals surface area contributed by atoms with Gasteiger partial charge in [-0.2, -0.15) is 5.01 Å². The molecule has 12 heavy (non-hydrogen) atoms. The summed E-state index contributed by atoms with van der Waals surface area (Å²) in [7, 11) is 2.10. The molecule has 0 unspecified atom stereocenters. The lowest BCUT2D eigenvalue weighted by Gasteiger charge is -2.36. The first-order chi connectivity index (χ1) is 5.73. The maximum Gasteiger partial charge on any atom is 0.131 e. The van der Waals surface area contributed by atoms with Gasteiger partial charge in [0.15, 0.2) is 0 Å². The quantitative estimate of drug-likeness (QED) is 0.592. The van der Waals surface area contributed by atoms with Gasteiger partial charge in [-0.3, -0.25) is 0 Å². The van der Waals surface area contributed by atoms with Crippen molar-refractivity contribution < 1.29 is 0 Å². The van der Waals surface area contributed by atoms with Gasteiger partial charge in [-0.15, -0.1) is 0 Å². The van der Waals surface area contributed by atoms with Gasteiger partial charge in [0.1, 0.15) is 11.5 Å². The molecule has 1 aliphatic heterocycles. The second kappa shape index (κ2) is 2.73. The van der Waals surface area contributed by atoms with Crippen molar-refractivity contribution in [3.63, 3.8) is 0 Å². The highest BCUT2D eigenvalue weighted by Crippen LogP contribution is 2.35. The Morgan fingerprint density at radius 2 is 2.00 bits per heavy atom. The fourth-order valence-electron chi connectivity index (χ4n) is 2.32. The van der Waals surface area contributed by atoms with Crippen LogP contribution in [0.2, 0.25) is 0 Å². The smallest absolute Gasteiger partial charge is 0.131 e. The molecule has 0 atom stereocenters. The van der Waals surface area contributed by atoms with E-state index in [0.717, 1.165) is 5.84 Å². The molecule has 3 nitrogen and oxygen atoms in total. The van der Waals surface area contributed by atoms with Gasteiger partial charge in [-0.25, -0.2) is 4.99 Å². The third-order valence-electron chi connectivity index (χ3n) is 2.98. The van der Waals surface area contributed by atoms with Gasteiger partial charge >= 0.3 is 0 Å². The number of hydrogen-bond acceptors (Lipinski definition) is 3.